The van der Waals surface area contributed by atoms with Gasteiger partial charge in [-0.2, -0.15) is 0 Å². The number of likely N-dealkylation sites (tertiary alicyclic amines) is 1. The highest BCUT2D eigenvalue weighted by Crippen LogP contribution is 2.34. The third kappa shape index (κ3) is 7.56. The first-order valence-corrected chi connectivity index (χ1v) is 13.3. The van der Waals surface area contributed by atoms with Crippen LogP contribution in [0.25, 0.3) is 10.8 Å². The summed E-state index contributed by atoms with van der Waals surface area (Å²) in [4.78, 5) is 26.6. The van der Waals surface area contributed by atoms with E-state index >= 15 is 0 Å². The molecule has 1 heterocycles. The van der Waals surface area contributed by atoms with E-state index < -0.39 is 0 Å². The molecule has 5 nitrogen and oxygen atoms in total. The van der Waals surface area contributed by atoms with Crippen LogP contribution in [0, 0.1) is 5.92 Å². The normalized spacial score (nSPS) is 17.8. The molecule has 0 aromatic heterocycles. The van der Waals surface area contributed by atoms with Crippen LogP contribution in [0.5, 0.6) is 0 Å². The number of amides is 1. The Kier molecular flexibility index (Phi) is 11.0. The highest BCUT2D eigenvalue weighted by Gasteiger charge is 2.35. The Morgan fingerprint density at radius 1 is 0.946 bits per heavy atom. The Balaban J connectivity index is 0.00000380. The molecule has 0 aliphatic carbocycles. The van der Waals surface area contributed by atoms with Crippen LogP contribution >= 0.6 is 12.4 Å². The van der Waals surface area contributed by atoms with Gasteiger partial charge >= 0.3 is 5.97 Å². The third-order valence-electron chi connectivity index (χ3n) is 7.32. The molecule has 6 heteroatoms. The summed E-state index contributed by atoms with van der Waals surface area (Å²) >= 11 is 0. The summed E-state index contributed by atoms with van der Waals surface area (Å²) in [6.45, 7) is 6.78. The minimum absolute atomic E-state index is 0. The molecule has 0 unspecified atom stereocenters. The molecule has 0 saturated carbocycles. The highest BCUT2D eigenvalue weighted by molar-refractivity contribution is 5.86. The average molecular weight is 523 g/mol. The van der Waals surface area contributed by atoms with E-state index in [0.29, 0.717) is 44.1 Å². The summed E-state index contributed by atoms with van der Waals surface area (Å²) in [5, 5.41) is 6.32. The SMILES string of the molecule is CCOC(=O)CCCCC(=O)N1C[C@@H](CN[C@H](C)c2cccc3ccccc23)[C@@H](c2ccccc2)C1.Cl. The molecule has 0 spiro atoms. The van der Waals surface area contributed by atoms with Gasteiger partial charge in [0.15, 0.2) is 0 Å². The van der Waals surface area contributed by atoms with E-state index in [1.165, 1.54) is 21.9 Å². The number of fused-ring (bicyclic) bond motifs is 1. The standard InChI is InChI=1S/C31H38N2O3.ClH/c1-3-36-31(35)19-10-9-18-30(34)33-21-26(29(22-33)25-12-5-4-6-13-25)20-32-23(2)27-17-11-15-24-14-7-8-16-28(24)27;/h4-8,11-17,23,26,29,32H,3,9-10,18-22H2,1-2H3;1H/t23-,26-,29-;/m1./s1. The lowest BCUT2D eigenvalue weighted by molar-refractivity contribution is -0.143. The lowest BCUT2D eigenvalue weighted by atomic mass is 9.88. The van der Waals surface area contributed by atoms with E-state index in [-0.39, 0.29) is 30.3 Å². The van der Waals surface area contributed by atoms with Crippen molar-refractivity contribution in [1.82, 2.24) is 10.2 Å². The molecule has 3 aromatic rings. The fourth-order valence-corrected chi connectivity index (χ4v) is 5.36. The summed E-state index contributed by atoms with van der Waals surface area (Å²) in [6.07, 6.45) is 2.26. The first kappa shape index (κ1) is 28.7. The number of carbonyl (C=O) groups is 2. The Labute approximate surface area is 227 Å². The van der Waals surface area contributed by atoms with E-state index in [1.807, 2.05) is 17.9 Å². The summed E-state index contributed by atoms with van der Waals surface area (Å²) in [5.41, 5.74) is 2.59. The van der Waals surface area contributed by atoms with Gasteiger partial charge in [0.05, 0.1) is 6.61 Å². The van der Waals surface area contributed by atoms with E-state index in [1.54, 1.807) is 0 Å². The maximum Gasteiger partial charge on any atom is 0.305 e. The zero-order valence-electron chi connectivity index (χ0n) is 21.9. The summed E-state index contributed by atoms with van der Waals surface area (Å²) in [6, 6.07) is 25.8. The molecule has 1 aliphatic rings. The van der Waals surface area contributed by atoms with Gasteiger partial charge in [-0.1, -0.05) is 72.8 Å². The molecule has 3 atom stereocenters. The predicted molar refractivity (Wildman–Crippen MR) is 152 cm³/mol. The number of rotatable bonds is 11. The Hall–Kier alpha value is -2.89. The monoisotopic (exact) mass is 522 g/mol. The maximum atomic E-state index is 13.0. The second-order valence-electron chi connectivity index (χ2n) is 9.79. The molecular formula is C31H39ClN2O3. The summed E-state index contributed by atoms with van der Waals surface area (Å²) in [5.74, 6) is 0.654. The van der Waals surface area contributed by atoms with E-state index in [9.17, 15) is 9.59 Å². The lowest BCUT2D eigenvalue weighted by Crippen LogP contribution is -2.31. The van der Waals surface area contributed by atoms with Gasteiger partial charge in [0.1, 0.15) is 0 Å². The van der Waals surface area contributed by atoms with Crippen LogP contribution < -0.4 is 5.32 Å². The molecule has 37 heavy (non-hydrogen) atoms. The van der Waals surface area contributed by atoms with E-state index in [4.69, 9.17) is 4.74 Å². The fraction of sp³-hybridized carbons (Fsp3) is 0.419. The van der Waals surface area contributed by atoms with E-state index in [0.717, 1.165) is 19.6 Å². The molecule has 1 N–H and O–H groups in total. The number of nitrogens with zero attached hydrogens (tertiary/aromatic N) is 1. The minimum atomic E-state index is -0.179. The van der Waals surface area contributed by atoms with Crippen molar-refractivity contribution in [2.24, 2.45) is 5.92 Å². The molecule has 4 rings (SSSR count). The van der Waals surface area contributed by atoms with Gasteiger partial charge in [-0.05, 0) is 54.5 Å². The van der Waals surface area contributed by atoms with Crippen molar-refractivity contribution in [1.29, 1.82) is 0 Å². The highest BCUT2D eigenvalue weighted by atomic mass is 35.5. The van der Waals surface area contributed by atoms with Crippen molar-refractivity contribution in [3.8, 4) is 0 Å². The van der Waals surface area contributed by atoms with Gasteiger partial charge in [0.2, 0.25) is 5.91 Å². The predicted octanol–water partition coefficient (Wildman–Crippen LogP) is 6.28. The number of halogens is 1. The largest absolute Gasteiger partial charge is 0.466 e. The second kappa shape index (κ2) is 14.2. The quantitative estimate of drug-likeness (QED) is 0.238. The van der Waals surface area contributed by atoms with Crippen LogP contribution in [-0.2, 0) is 14.3 Å². The molecule has 3 aromatic carbocycles. The van der Waals surface area contributed by atoms with Crippen molar-refractivity contribution in [3.05, 3.63) is 83.9 Å². The Bertz CT molecular complexity index is 1150. The van der Waals surface area contributed by atoms with Crippen LogP contribution in [0.15, 0.2) is 72.8 Å². The van der Waals surface area contributed by atoms with Gasteiger partial charge in [-0.3, -0.25) is 9.59 Å². The van der Waals surface area contributed by atoms with Crippen molar-refractivity contribution in [2.45, 2.75) is 51.5 Å². The summed E-state index contributed by atoms with van der Waals surface area (Å²) < 4.78 is 4.99. The van der Waals surface area contributed by atoms with Gasteiger partial charge in [-0.15, -0.1) is 12.4 Å². The van der Waals surface area contributed by atoms with Crippen molar-refractivity contribution < 1.29 is 14.3 Å². The van der Waals surface area contributed by atoms with Crippen molar-refractivity contribution in [3.63, 3.8) is 0 Å². The zero-order valence-corrected chi connectivity index (χ0v) is 22.7. The van der Waals surface area contributed by atoms with Gasteiger partial charge in [-0.25, -0.2) is 0 Å². The fourth-order valence-electron chi connectivity index (χ4n) is 5.36. The van der Waals surface area contributed by atoms with Gasteiger partial charge < -0.3 is 15.0 Å². The van der Waals surface area contributed by atoms with Crippen LogP contribution in [0.1, 0.15) is 62.6 Å². The number of carbonyl (C=O) groups excluding carboxylic acids is 2. The summed E-state index contributed by atoms with van der Waals surface area (Å²) in [7, 11) is 0. The molecule has 0 radical (unpaired) electrons. The number of hydrogen-bond acceptors (Lipinski definition) is 4. The van der Waals surface area contributed by atoms with Gasteiger partial charge in [0.25, 0.3) is 0 Å². The van der Waals surface area contributed by atoms with Crippen LogP contribution in [0.2, 0.25) is 0 Å². The first-order valence-electron chi connectivity index (χ1n) is 13.3. The Morgan fingerprint density at radius 3 is 2.43 bits per heavy atom. The number of unbranched alkanes of at least 4 members (excludes halogenated alkanes) is 1. The van der Waals surface area contributed by atoms with Crippen LogP contribution in [0.3, 0.4) is 0 Å². The molecule has 1 aliphatic heterocycles. The molecule has 198 valence electrons. The van der Waals surface area contributed by atoms with Crippen molar-refractivity contribution >= 4 is 35.1 Å². The van der Waals surface area contributed by atoms with Crippen molar-refractivity contribution in [2.75, 3.05) is 26.2 Å². The second-order valence-corrected chi connectivity index (χ2v) is 9.79. The number of ether oxygens (including phenoxy) is 1. The molecule has 0 bridgehead atoms. The van der Waals surface area contributed by atoms with Crippen LogP contribution in [0.4, 0.5) is 0 Å². The smallest absolute Gasteiger partial charge is 0.305 e. The number of benzene rings is 3. The van der Waals surface area contributed by atoms with Crippen LogP contribution in [-0.4, -0.2) is 43.0 Å². The molecule has 1 fully saturated rings. The third-order valence-corrected chi connectivity index (χ3v) is 7.32. The zero-order chi connectivity index (χ0) is 25.3. The molecule has 1 amide bonds. The molecular weight excluding hydrogens is 484 g/mol. The maximum absolute atomic E-state index is 13.0. The first-order chi connectivity index (χ1) is 17.6. The minimum Gasteiger partial charge on any atom is -0.466 e. The topological polar surface area (TPSA) is 58.6 Å². The lowest BCUT2D eigenvalue weighted by Gasteiger charge is -2.23. The van der Waals surface area contributed by atoms with Gasteiger partial charge in [0, 0.05) is 44.4 Å². The average Bonchev–Trinajstić information content (AvgIpc) is 3.34. The van der Waals surface area contributed by atoms with E-state index in [2.05, 4.69) is 79.0 Å². The number of hydrogen-bond donors (Lipinski definition) is 1. The number of esters is 1. The Morgan fingerprint density at radius 2 is 1.65 bits per heavy atom. The number of nitrogens with one attached hydrogen (secondary N) is 1. The molecule has 1 saturated heterocycles.